The maximum atomic E-state index is 12.3. The summed E-state index contributed by atoms with van der Waals surface area (Å²) in [5, 5.41) is 2.95. The van der Waals surface area contributed by atoms with Crippen LogP contribution in [0.3, 0.4) is 0 Å². The number of hydrogen-bond acceptors (Lipinski definition) is 6. The van der Waals surface area contributed by atoms with Crippen molar-refractivity contribution < 1.29 is 12.8 Å². The van der Waals surface area contributed by atoms with Crippen molar-refractivity contribution in [3.63, 3.8) is 0 Å². The lowest BCUT2D eigenvalue weighted by atomic mass is 10.4. The lowest BCUT2D eigenvalue weighted by molar-refractivity contribution is 0.235. The van der Waals surface area contributed by atoms with E-state index >= 15 is 0 Å². The molecule has 1 aliphatic rings. The maximum absolute atomic E-state index is 12.3. The fourth-order valence-corrected chi connectivity index (χ4v) is 3.33. The summed E-state index contributed by atoms with van der Waals surface area (Å²) in [5.41, 5.74) is 0. The van der Waals surface area contributed by atoms with E-state index in [4.69, 9.17) is 4.42 Å². The molecular formula is C14H15BrN4O3S. The molecule has 0 radical (unpaired) electrons. The van der Waals surface area contributed by atoms with Gasteiger partial charge in [-0.2, -0.15) is 0 Å². The average Bonchev–Trinajstić information content (AvgIpc) is 3.02. The van der Waals surface area contributed by atoms with Gasteiger partial charge in [0.15, 0.2) is 0 Å². The number of halogens is 1. The molecule has 0 bridgehead atoms. The van der Waals surface area contributed by atoms with Gasteiger partial charge in [0.25, 0.3) is 10.0 Å². The molecule has 2 aromatic rings. The summed E-state index contributed by atoms with van der Waals surface area (Å²) in [5.74, 6) is 1.07. The van der Waals surface area contributed by atoms with Gasteiger partial charge in [-0.15, -0.1) is 0 Å². The molecule has 0 fully saturated rings. The minimum absolute atomic E-state index is 0.184. The van der Waals surface area contributed by atoms with Crippen LogP contribution < -0.4 is 10.0 Å². The lowest BCUT2D eigenvalue weighted by Gasteiger charge is -2.26. The normalized spacial score (nSPS) is 15.8. The van der Waals surface area contributed by atoms with E-state index < -0.39 is 10.0 Å². The Morgan fingerprint density at radius 1 is 1.30 bits per heavy atom. The van der Waals surface area contributed by atoms with Crippen molar-refractivity contribution in [1.29, 1.82) is 0 Å². The van der Waals surface area contributed by atoms with Gasteiger partial charge >= 0.3 is 0 Å². The van der Waals surface area contributed by atoms with Gasteiger partial charge in [0.05, 0.1) is 31.0 Å². The average molecular weight is 399 g/mol. The molecule has 122 valence electrons. The molecular weight excluding hydrogens is 384 g/mol. The molecule has 0 unspecified atom stereocenters. The fourth-order valence-electron chi connectivity index (χ4n) is 2.06. The zero-order valence-corrected chi connectivity index (χ0v) is 14.5. The Morgan fingerprint density at radius 3 is 2.70 bits per heavy atom. The zero-order valence-electron chi connectivity index (χ0n) is 12.1. The van der Waals surface area contributed by atoms with Gasteiger partial charge in [0.1, 0.15) is 5.76 Å². The molecule has 0 spiro atoms. The third-order valence-electron chi connectivity index (χ3n) is 3.21. The Morgan fingerprint density at radius 2 is 2.09 bits per heavy atom. The third kappa shape index (κ3) is 4.12. The summed E-state index contributed by atoms with van der Waals surface area (Å²) in [6.07, 6.45) is 1.62. The first-order valence-corrected chi connectivity index (χ1v) is 9.12. The number of benzene rings is 1. The summed E-state index contributed by atoms with van der Waals surface area (Å²) in [6.45, 7) is 1.46. The smallest absolute Gasteiger partial charge is 0.264 e. The van der Waals surface area contributed by atoms with E-state index in [1.165, 1.54) is 12.1 Å². The van der Waals surface area contributed by atoms with Gasteiger partial charge < -0.3 is 9.73 Å². The number of furan rings is 1. The van der Waals surface area contributed by atoms with E-state index in [1.807, 2.05) is 17.0 Å². The SMILES string of the molecule is O=S(=O)(NC1=NCN(Cc2ccco2)CN1)c1ccc(Br)cc1. The first-order valence-electron chi connectivity index (χ1n) is 6.84. The van der Waals surface area contributed by atoms with Crippen LogP contribution in [-0.2, 0) is 16.6 Å². The van der Waals surface area contributed by atoms with Crippen molar-refractivity contribution in [3.05, 3.63) is 52.9 Å². The Labute approximate surface area is 142 Å². The highest BCUT2D eigenvalue weighted by Gasteiger charge is 2.19. The summed E-state index contributed by atoms with van der Waals surface area (Å²) in [6, 6.07) is 10.1. The second-order valence-corrected chi connectivity index (χ2v) is 7.55. The molecule has 9 heteroatoms. The predicted octanol–water partition coefficient (Wildman–Crippen LogP) is 1.70. The highest BCUT2D eigenvalue weighted by molar-refractivity contribution is 9.10. The summed E-state index contributed by atoms with van der Waals surface area (Å²) < 4.78 is 33.1. The van der Waals surface area contributed by atoms with Crippen molar-refractivity contribution in [2.24, 2.45) is 4.99 Å². The first kappa shape index (κ1) is 16.0. The van der Waals surface area contributed by atoms with Crippen molar-refractivity contribution in [3.8, 4) is 0 Å². The topological polar surface area (TPSA) is 86.9 Å². The number of sulfonamides is 1. The highest BCUT2D eigenvalue weighted by atomic mass is 79.9. The second-order valence-electron chi connectivity index (χ2n) is 4.95. The molecule has 1 aromatic heterocycles. The maximum Gasteiger partial charge on any atom is 0.264 e. The molecule has 0 saturated carbocycles. The van der Waals surface area contributed by atoms with Crippen LogP contribution in [0.25, 0.3) is 0 Å². The minimum atomic E-state index is -3.65. The number of nitrogens with one attached hydrogen (secondary N) is 2. The molecule has 7 nitrogen and oxygen atoms in total. The standard InChI is InChI=1S/C14H15BrN4O3S/c15-11-3-5-13(6-4-11)23(20,21)18-14-16-9-19(10-17-14)8-12-2-1-7-22-12/h1-7H,8-10H2,(H2,16,17,18). The van der Waals surface area contributed by atoms with Gasteiger partial charge in [-0.3, -0.25) is 4.90 Å². The van der Waals surface area contributed by atoms with E-state index in [-0.39, 0.29) is 10.9 Å². The van der Waals surface area contributed by atoms with E-state index in [1.54, 1.807) is 18.4 Å². The van der Waals surface area contributed by atoms with Gasteiger partial charge in [-0.1, -0.05) is 15.9 Å². The van der Waals surface area contributed by atoms with Crippen LogP contribution in [0.2, 0.25) is 0 Å². The Hall–Kier alpha value is -1.84. The van der Waals surface area contributed by atoms with Crippen LogP contribution in [0.4, 0.5) is 0 Å². The van der Waals surface area contributed by atoms with Gasteiger partial charge in [0, 0.05) is 4.47 Å². The first-order chi connectivity index (χ1) is 11.0. The highest BCUT2D eigenvalue weighted by Crippen LogP contribution is 2.14. The molecule has 0 aliphatic carbocycles. The van der Waals surface area contributed by atoms with Gasteiger partial charge in [-0.05, 0) is 36.4 Å². The molecule has 2 heterocycles. The zero-order chi connectivity index (χ0) is 16.3. The molecule has 0 saturated heterocycles. The van der Waals surface area contributed by atoms with Crippen LogP contribution in [-0.4, -0.2) is 32.6 Å². The van der Waals surface area contributed by atoms with E-state index in [9.17, 15) is 8.42 Å². The van der Waals surface area contributed by atoms with E-state index in [0.29, 0.717) is 19.9 Å². The van der Waals surface area contributed by atoms with E-state index in [0.717, 1.165) is 10.2 Å². The largest absolute Gasteiger partial charge is 0.468 e. The number of nitrogens with zero attached hydrogens (tertiary/aromatic N) is 2. The van der Waals surface area contributed by atoms with Crippen molar-refractivity contribution in [2.75, 3.05) is 13.3 Å². The van der Waals surface area contributed by atoms with Crippen molar-refractivity contribution in [2.45, 2.75) is 11.4 Å². The van der Waals surface area contributed by atoms with Gasteiger partial charge in [0.2, 0.25) is 5.96 Å². The molecule has 1 aliphatic heterocycles. The summed E-state index contributed by atoms with van der Waals surface area (Å²) in [4.78, 5) is 6.38. The minimum Gasteiger partial charge on any atom is -0.468 e. The van der Waals surface area contributed by atoms with Crippen molar-refractivity contribution in [1.82, 2.24) is 14.9 Å². The summed E-state index contributed by atoms with van der Waals surface area (Å²) >= 11 is 3.28. The molecule has 3 rings (SSSR count). The van der Waals surface area contributed by atoms with E-state index in [2.05, 4.69) is 31.0 Å². The van der Waals surface area contributed by atoms with Crippen LogP contribution >= 0.6 is 15.9 Å². The molecule has 0 atom stereocenters. The monoisotopic (exact) mass is 398 g/mol. The summed E-state index contributed by atoms with van der Waals surface area (Å²) in [7, 11) is -3.65. The van der Waals surface area contributed by atoms with Crippen molar-refractivity contribution >= 4 is 31.9 Å². The van der Waals surface area contributed by atoms with Crippen LogP contribution in [0.15, 0.2) is 61.4 Å². The molecule has 0 amide bonds. The van der Waals surface area contributed by atoms with Gasteiger partial charge in [-0.25, -0.2) is 18.1 Å². The van der Waals surface area contributed by atoms with Crippen LogP contribution in [0, 0.1) is 0 Å². The van der Waals surface area contributed by atoms with Crippen LogP contribution in [0.5, 0.6) is 0 Å². The number of hydrogen-bond donors (Lipinski definition) is 2. The second kappa shape index (κ2) is 6.73. The lowest BCUT2D eigenvalue weighted by Crippen LogP contribution is -2.49. The number of guanidine groups is 1. The fraction of sp³-hybridized carbons (Fsp3) is 0.214. The molecule has 2 N–H and O–H groups in total. The molecule has 23 heavy (non-hydrogen) atoms. The predicted molar refractivity (Wildman–Crippen MR) is 89.0 cm³/mol. The van der Waals surface area contributed by atoms with Crippen LogP contribution in [0.1, 0.15) is 5.76 Å². The Bertz CT molecular complexity index is 788. The number of aliphatic imine (C=N–C) groups is 1. The third-order valence-corrected chi connectivity index (χ3v) is 5.10. The number of rotatable bonds is 4. The molecule has 1 aromatic carbocycles. The Balaban J connectivity index is 1.62. The Kier molecular flexibility index (Phi) is 4.69. The quantitative estimate of drug-likeness (QED) is 0.818.